The third-order valence-electron chi connectivity index (χ3n) is 4.57. The molecule has 2 aliphatic heterocycles. The second kappa shape index (κ2) is 4.97. The summed E-state index contributed by atoms with van der Waals surface area (Å²) >= 11 is 6.00. The standard InChI is InChI=1S/C16H16ClN3O/c17-13-2-1-10-7-18-14(6-12(10)5-13)16(21)19-15-9-20-4-3-11(15)8-20/h1-2,5-7,11,15H,3-4,8-9H2,(H,19,21)/t11-,15?/m0/s1. The molecule has 0 spiro atoms. The first kappa shape index (κ1) is 13.0. The molecule has 1 amide bonds. The van der Waals surface area contributed by atoms with E-state index in [1.165, 1.54) is 13.0 Å². The Kier molecular flexibility index (Phi) is 3.08. The highest BCUT2D eigenvalue weighted by Gasteiger charge is 2.38. The summed E-state index contributed by atoms with van der Waals surface area (Å²) in [6.45, 7) is 3.26. The third kappa shape index (κ3) is 2.39. The van der Waals surface area contributed by atoms with Crippen LogP contribution < -0.4 is 5.32 Å². The number of pyridine rings is 1. The molecule has 2 fully saturated rings. The maximum Gasteiger partial charge on any atom is 0.270 e. The fraction of sp³-hybridized carbons (Fsp3) is 0.375. The Bertz CT molecular complexity index is 718. The molecule has 108 valence electrons. The highest BCUT2D eigenvalue weighted by Crippen LogP contribution is 2.28. The third-order valence-corrected chi connectivity index (χ3v) is 4.80. The number of carbonyl (C=O) groups excluding carboxylic acids is 1. The van der Waals surface area contributed by atoms with Gasteiger partial charge in [-0.25, -0.2) is 0 Å². The van der Waals surface area contributed by atoms with E-state index in [1.54, 1.807) is 6.20 Å². The van der Waals surface area contributed by atoms with Crippen molar-refractivity contribution < 1.29 is 4.79 Å². The van der Waals surface area contributed by atoms with Gasteiger partial charge in [0.2, 0.25) is 0 Å². The van der Waals surface area contributed by atoms with Crippen LogP contribution in [0.15, 0.2) is 30.5 Å². The summed E-state index contributed by atoms with van der Waals surface area (Å²) in [5.41, 5.74) is 0.461. The predicted molar refractivity (Wildman–Crippen MR) is 82.6 cm³/mol. The quantitative estimate of drug-likeness (QED) is 0.926. The molecule has 2 saturated heterocycles. The van der Waals surface area contributed by atoms with Crippen molar-refractivity contribution >= 4 is 28.3 Å². The van der Waals surface area contributed by atoms with E-state index in [2.05, 4.69) is 15.2 Å². The van der Waals surface area contributed by atoms with Crippen LogP contribution >= 0.6 is 11.6 Å². The molecule has 5 heteroatoms. The van der Waals surface area contributed by atoms with Crippen LogP contribution in [0.3, 0.4) is 0 Å². The largest absolute Gasteiger partial charge is 0.346 e. The Balaban J connectivity index is 1.56. The summed E-state index contributed by atoms with van der Waals surface area (Å²) < 4.78 is 0. The number of amides is 1. The van der Waals surface area contributed by atoms with Gasteiger partial charge >= 0.3 is 0 Å². The van der Waals surface area contributed by atoms with E-state index < -0.39 is 0 Å². The first-order chi connectivity index (χ1) is 10.2. The molecule has 0 aliphatic carbocycles. The van der Waals surface area contributed by atoms with Crippen molar-refractivity contribution in [2.24, 2.45) is 5.92 Å². The molecule has 1 N–H and O–H groups in total. The van der Waals surface area contributed by atoms with Gasteiger partial charge in [-0.2, -0.15) is 0 Å². The highest BCUT2D eigenvalue weighted by atomic mass is 35.5. The SMILES string of the molecule is O=C(NC1CN2CC[C@H]1C2)c1cc2cc(Cl)ccc2cn1. The van der Waals surface area contributed by atoms with Crippen molar-refractivity contribution in [3.05, 3.63) is 41.2 Å². The summed E-state index contributed by atoms with van der Waals surface area (Å²) in [4.78, 5) is 19.1. The molecule has 4 rings (SSSR count). The van der Waals surface area contributed by atoms with Gasteiger partial charge in [-0.3, -0.25) is 9.78 Å². The van der Waals surface area contributed by atoms with Crippen LogP contribution in [0.25, 0.3) is 10.8 Å². The van der Waals surface area contributed by atoms with E-state index in [0.29, 0.717) is 16.6 Å². The maximum absolute atomic E-state index is 12.4. The van der Waals surface area contributed by atoms with Crippen molar-refractivity contribution in [3.8, 4) is 0 Å². The maximum atomic E-state index is 12.4. The normalized spacial score (nSPS) is 27.2. The van der Waals surface area contributed by atoms with E-state index in [0.717, 1.165) is 23.9 Å². The predicted octanol–water partition coefficient (Wildman–Crippen LogP) is 2.32. The molecule has 1 aromatic heterocycles. The van der Waals surface area contributed by atoms with Crippen molar-refractivity contribution in [2.45, 2.75) is 12.5 Å². The number of hydrogen-bond acceptors (Lipinski definition) is 3. The minimum Gasteiger partial charge on any atom is -0.346 e. The number of aromatic nitrogens is 1. The summed E-state index contributed by atoms with van der Waals surface area (Å²) in [5.74, 6) is 0.513. The average molecular weight is 302 g/mol. The number of piperidine rings is 1. The zero-order valence-electron chi connectivity index (χ0n) is 11.6. The summed E-state index contributed by atoms with van der Waals surface area (Å²) in [5, 5.41) is 5.73. The van der Waals surface area contributed by atoms with Gasteiger partial charge in [0.15, 0.2) is 0 Å². The monoisotopic (exact) mass is 301 g/mol. The molecule has 1 aromatic carbocycles. The number of hydrogen-bond donors (Lipinski definition) is 1. The van der Waals surface area contributed by atoms with Crippen LogP contribution in [0, 0.1) is 5.92 Å². The Morgan fingerprint density at radius 1 is 1.29 bits per heavy atom. The molecule has 21 heavy (non-hydrogen) atoms. The van der Waals surface area contributed by atoms with Crippen LogP contribution in [-0.2, 0) is 0 Å². The van der Waals surface area contributed by atoms with E-state index in [4.69, 9.17) is 11.6 Å². The number of benzene rings is 1. The molecule has 2 aliphatic rings. The molecular weight excluding hydrogens is 286 g/mol. The minimum atomic E-state index is -0.0874. The van der Waals surface area contributed by atoms with Gasteiger partial charge in [0.1, 0.15) is 5.69 Å². The lowest BCUT2D eigenvalue weighted by Gasteiger charge is -2.22. The van der Waals surface area contributed by atoms with Gasteiger partial charge < -0.3 is 10.2 Å². The molecule has 2 unspecified atom stereocenters. The summed E-state index contributed by atoms with van der Waals surface area (Å²) in [6, 6.07) is 7.68. The average Bonchev–Trinajstić information content (AvgIpc) is 3.09. The number of nitrogens with zero attached hydrogens (tertiary/aromatic N) is 2. The fourth-order valence-electron chi connectivity index (χ4n) is 3.43. The lowest BCUT2D eigenvalue weighted by Crippen LogP contribution is -2.43. The number of rotatable bonds is 2. The second-order valence-corrected chi connectivity index (χ2v) is 6.39. The van der Waals surface area contributed by atoms with E-state index in [1.807, 2.05) is 24.3 Å². The van der Waals surface area contributed by atoms with Crippen molar-refractivity contribution in [1.82, 2.24) is 15.2 Å². The van der Waals surface area contributed by atoms with E-state index in [9.17, 15) is 4.79 Å². The van der Waals surface area contributed by atoms with Crippen molar-refractivity contribution in [2.75, 3.05) is 19.6 Å². The Hall–Kier alpha value is -1.65. The van der Waals surface area contributed by atoms with E-state index >= 15 is 0 Å². The van der Waals surface area contributed by atoms with Gasteiger partial charge in [0.05, 0.1) is 0 Å². The van der Waals surface area contributed by atoms with Crippen LogP contribution in [0.1, 0.15) is 16.9 Å². The first-order valence-corrected chi connectivity index (χ1v) is 7.65. The highest BCUT2D eigenvalue weighted by molar-refractivity contribution is 6.31. The smallest absolute Gasteiger partial charge is 0.270 e. The van der Waals surface area contributed by atoms with Gasteiger partial charge in [-0.15, -0.1) is 0 Å². The van der Waals surface area contributed by atoms with Crippen LogP contribution in [0.5, 0.6) is 0 Å². The molecule has 0 radical (unpaired) electrons. The molecule has 4 nitrogen and oxygen atoms in total. The van der Waals surface area contributed by atoms with Gasteiger partial charge in [-0.1, -0.05) is 17.7 Å². The minimum absolute atomic E-state index is 0.0874. The zero-order valence-corrected chi connectivity index (χ0v) is 12.3. The Morgan fingerprint density at radius 2 is 2.19 bits per heavy atom. The summed E-state index contributed by atoms with van der Waals surface area (Å²) in [7, 11) is 0. The molecule has 3 heterocycles. The van der Waals surface area contributed by atoms with Gasteiger partial charge in [0.25, 0.3) is 5.91 Å². The molecule has 3 atom stereocenters. The lowest BCUT2D eigenvalue weighted by atomic mass is 10.00. The molecule has 0 saturated carbocycles. The van der Waals surface area contributed by atoms with Crippen LogP contribution in [0.4, 0.5) is 0 Å². The van der Waals surface area contributed by atoms with Crippen LogP contribution in [0.2, 0.25) is 5.02 Å². The number of carbonyl (C=O) groups is 1. The zero-order chi connectivity index (χ0) is 14.4. The van der Waals surface area contributed by atoms with Gasteiger partial charge in [0, 0.05) is 35.7 Å². The van der Waals surface area contributed by atoms with Crippen molar-refractivity contribution in [1.29, 1.82) is 0 Å². The van der Waals surface area contributed by atoms with Crippen LogP contribution in [-0.4, -0.2) is 41.5 Å². The Labute approximate surface area is 128 Å². The summed E-state index contributed by atoms with van der Waals surface area (Å²) in [6.07, 6.45) is 2.91. The topological polar surface area (TPSA) is 45.2 Å². The Morgan fingerprint density at radius 3 is 2.95 bits per heavy atom. The lowest BCUT2D eigenvalue weighted by molar-refractivity contribution is 0.0919. The number of fused-ring (bicyclic) bond motifs is 3. The van der Waals surface area contributed by atoms with Crippen molar-refractivity contribution in [3.63, 3.8) is 0 Å². The fourth-order valence-corrected chi connectivity index (χ4v) is 3.61. The second-order valence-electron chi connectivity index (χ2n) is 5.95. The molecule has 2 bridgehead atoms. The molecule has 2 aromatic rings. The first-order valence-electron chi connectivity index (χ1n) is 7.27. The van der Waals surface area contributed by atoms with Gasteiger partial charge in [-0.05, 0) is 42.5 Å². The molecular formula is C16H16ClN3O. The van der Waals surface area contributed by atoms with E-state index in [-0.39, 0.29) is 11.9 Å². The number of halogens is 1. The number of nitrogens with one attached hydrogen (secondary N) is 1.